The summed E-state index contributed by atoms with van der Waals surface area (Å²) in [7, 11) is 0. The van der Waals surface area contributed by atoms with E-state index < -0.39 is 17.9 Å². The van der Waals surface area contributed by atoms with Crippen LogP contribution in [0.4, 0.5) is 0 Å². The normalized spacial score (nSPS) is 11.8. The van der Waals surface area contributed by atoms with Gasteiger partial charge in [0.05, 0.1) is 13.2 Å². The maximum absolute atomic E-state index is 11.3. The minimum atomic E-state index is -1.13. The third-order valence-electron chi connectivity index (χ3n) is 2.40. The van der Waals surface area contributed by atoms with Gasteiger partial charge < -0.3 is 20.9 Å². The molecule has 1 aromatic carbocycles. The molecular weight excluding hydrogens is 248 g/mol. The van der Waals surface area contributed by atoms with E-state index in [2.05, 4.69) is 5.32 Å². The Morgan fingerprint density at radius 1 is 1.32 bits per heavy atom. The average Bonchev–Trinajstić information content (AvgIpc) is 2.39. The number of rotatable bonds is 8. The third kappa shape index (κ3) is 5.98. The summed E-state index contributed by atoms with van der Waals surface area (Å²) in [4.78, 5) is 22.2. The first-order valence-electron chi connectivity index (χ1n) is 5.97. The minimum Gasteiger partial charge on any atom is -0.480 e. The number of carboxylic acid groups (broad SMARTS) is 1. The molecule has 6 nitrogen and oxygen atoms in total. The number of nitrogens with one attached hydrogen (secondary N) is 1. The second kappa shape index (κ2) is 8.23. The summed E-state index contributed by atoms with van der Waals surface area (Å²) in [5.41, 5.74) is 6.16. The molecular formula is C13H18N2O4. The fraction of sp³-hybridized carbons (Fsp3) is 0.385. The van der Waals surface area contributed by atoms with Crippen molar-refractivity contribution in [1.82, 2.24) is 5.32 Å². The molecule has 0 saturated carbocycles. The Morgan fingerprint density at radius 2 is 2.00 bits per heavy atom. The first-order chi connectivity index (χ1) is 9.13. The number of benzene rings is 1. The molecule has 0 heterocycles. The molecule has 6 heteroatoms. The molecule has 1 atom stereocenters. The Morgan fingerprint density at radius 3 is 2.58 bits per heavy atom. The van der Waals surface area contributed by atoms with Gasteiger partial charge in [-0.3, -0.25) is 4.79 Å². The van der Waals surface area contributed by atoms with Gasteiger partial charge in [0, 0.05) is 13.0 Å². The highest BCUT2D eigenvalue weighted by Crippen LogP contribution is 2.01. The number of aliphatic carboxylic acids is 1. The van der Waals surface area contributed by atoms with Crippen molar-refractivity contribution in [2.45, 2.75) is 19.1 Å². The number of amides is 1. The van der Waals surface area contributed by atoms with Crippen LogP contribution in [-0.4, -0.2) is 36.2 Å². The second-order valence-electron chi connectivity index (χ2n) is 4.00. The Bertz CT molecular complexity index is 408. The van der Waals surface area contributed by atoms with Crippen molar-refractivity contribution in [1.29, 1.82) is 0 Å². The molecule has 0 aliphatic carbocycles. The fourth-order valence-electron chi connectivity index (χ4n) is 1.44. The zero-order valence-corrected chi connectivity index (χ0v) is 10.5. The summed E-state index contributed by atoms with van der Waals surface area (Å²) < 4.78 is 5.30. The van der Waals surface area contributed by atoms with Gasteiger partial charge in [-0.2, -0.15) is 0 Å². The van der Waals surface area contributed by atoms with Gasteiger partial charge in [-0.25, -0.2) is 4.79 Å². The van der Waals surface area contributed by atoms with Gasteiger partial charge in [0.1, 0.15) is 0 Å². The van der Waals surface area contributed by atoms with Crippen molar-refractivity contribution in [3.8, 4) is 0 Å². The van der Waals surface area contributed by atoms with Crippen LogP contribution in [0.25, 0.3) is 0 Å². The van der Waals surface area contributed by atoms with Crippen LogP contribution < -0.4 is 11.1 Å². The second-order valence-corrected chi connectivity index (χ2v) is 4.00. The lowest BCUT2D eigenvalue weighted by molar-refractivity contribution is -0.143. The molecule has 0 radical (unpaired) electrons. The summed E-state index contributed by atoms with van der Waals surface area (Å²) >= 11 is 0. The van der Waals surface area contributed by atoms with Gasteiger partial charge in [0.15, 0.2) is 6.04 Å². The molecule has 0 fully saturated rings. The lowest BCUT2D eigenvalue weighted by Gasteiger charge is -2.14. The number of carbonyl (C=O) groups is 2. The summed E-state index contributed by atoms with van der Waals surface area (Å²) in [6.45, 7) is 0.404. The molecule has 1 amide bonds. The number of nitrogens with two attached hydrogens (primary N) is 1. The molecule has 0 bridgehead atoms. The summed E-state index contributed by atoms with van der Waals surface area (Å²) in [6, 6.07) is 8.33. The molecule has 1 rings (SSSR count). The van der Waals surface area contributed by atoms with E-state index in [4.69, 9.17) is 15.6 Å². The number of hydrogen-bond donors (Lipinski definition) is 3. The highest BCUT2D eigenvalue weighted by molar-refractivity contribution is 5.83. The van der Waals surface area contributed by atoms with Gasteiger partial charge in [-0.05, 0) is 5.56 Å². The SMILES string of the molecule is NCCC(=O)N[C@@H](COCc1ccccc1)C(=O)O. The number of carbonyl (C=O) groups excluding carboxylic acids is 1. The lowest BCUT2D eigenvalue weighted by atomic mass is 10.2. The Balaban J connectivity index is 2.38. The van der Waals surface area contributed by atoms with Crippen molar-refractivity contribution in [2.75, 3.05) is 13.2 Å². The number of hydrogen-bond acceptors (Lipinski definition) is 4. The van der Waals surface area contributed by atoms with E-state index >= 15 is 0 Å². The van der Waals surface area contributed by atoms with E-state index in [0.29, 0.717) is 6.61 Å². The molecule has 1 aromatic rings. The Kier molecular flexibility index (Phi) is 6.56. The molecule has 0 aliphatic rings. The van der Waals surface area contributed by atoms with E-state index in [1.807, 2.05) is 30.3 Å². The summed E-state index contributed by atoms with van der Waals surface area (Å²) in [5.74, 6) is -1.52. The largest absolute Gasteiger partial charge is 0.480 e. The van der Waals surface area contributed by atoms with Crippen molar-refractivity contribution >= 4 is 11.9 Å². The standard InChI is InChI=1S/C13H18N2O4/c14-7-6-12(16)15-11(13(17)18)9-19-8-10-4-2-1-3-5-10/h1-5,11H,6-9,14H2,(H,15,16)(H,17,18)/t11-/m0/s1. The summed E-state index contributed by atoms with van der Waals surface area (Å²) in [6.07, 6.45) is 0.0997. The van der Waals surface area contributed by atoms with E-state index in [1.54, 1.807) is 0 Å². The topological polar surface area (TPSA) is 102 Å². The lowest BCUT2D eigenvalue weighted by Crippen LogP contribution is -2.44. The molecule has 0 spiro atoms. The zero-order chi connectivity index (χ0) is 14.1. The average molecular weight is 266 g/mol. The maximum atomic E-state index is 11.3. The first kappa shape index (κ1) is 15.1. The smallest absolute Gasteiger partial charge is 0.328 e. The Hall–Kier alpha value is -1.92. The van der Waals surface area contributed by atoms with Crippen LogP contribution in [0.15, 0.2) is 30.3 Å². The molecule has 0 unspecified atom stereocenters. The molecule has 19 heavy (non-hydrogen) atoms. The van der Waals surface area contributed by atoms with Gasteiger partial charge >= 0.3 is 5.97 Å². The minimum absolute atomic E-state index is 0.0828. The summed E-state index contributed by atoms with van der Waals surface area (Å²) in [5, 5.41) is 11.3. The van der Waals surface area contributed by atoms with Crippen LogP contribution in [0.5, 0.6) is 0 Å². The molecule has 4 N–H and O–H groups in total. The van der Waals surface area contributed by atoms with E-state index in [1.165, 1.54) is 0 Å². The van der Waals surface area contributed by atoms with Gasteiger partial charge in [0.2, 0.25) is 5.91 Å². The predicted octanol–water partition coefficient (Wildman–Crippen LogP) is 0.121. The van der Waals surface area contributed by atoms with Crippen molar-refractivity contribution < 1.29 is 19.4 Å². The van der Waals surface area contributed by atoms with Crippen LogP contribution in [0.3, 0.4) is 0 Å². The van der Waals surface area contributed by atoms with Crippen LogP contribution in [0.2, 0.25) is 0 Å². The van der Waals surface area contributed by atoms with Gasteiger partial charge in [-0.15, -0.1) is 0 Å². The molecule has 104 valence electrons. The Labute approximate surface area is 111 Å². The molecule has 0 aromatic heterocycles. The maximum Gasteiger partial charge on any atom is 0.328 e. The highest BCUT2D eigenvalue weighted by atomic mass is 16.5. The van der Waals surface area contributed by atoms with Gasteiger partial charge in [0.25, 0.3) is 0 Å². The van der Waals surface area contributed by atoms with Crippen LogP contribution in [0, 0.1) is 0 Å². The zero-order valence-electron chi connectivity index (χ0n) is 10.5. The highest BCUT2D eigenvalue weighted by Gasteiger charge is 2.19. The van der Waals surface area contributed by atoms with E-state index in [9.17, 15) is 9.59 Å². The van der Waals surface area contributed by atoms with Crippen molar-refractivity contribution in [2.24, 2.45) is 5.73 Å². The van der Waals surface area contributed by atoms with Gasteiger partial charge in [-0.1, -0.05) is 30.3 Å². The van der Waals surface area contributed by atoms with Crippen molar-refractivity contribution in [3.63, 3.8) is 0 Å². The molecule has 0 aliphatic heterocycles. The van der Waals surface area contributed by atoms with Crippen LogP contribution >= 0.6 is 0 Å². The molecule has 0 saturated heterocycles. The monoisotopic (exact) mass is 266 g/mol. The fourth-order valence-corrected chi connectivity index (χ4v) is 1.44. The number of ether oxygens (including phenoxy) is 1. The van der Waals surface area contributed by atoms with Crippen LogP contribution in [0.1, 0.15) is 12.0 Å². The first-order valence-corrected chi connectivity index (χ1v) is 5.97. The number of carboxylic acids is 1. The van der Waals surface area contributed by atoms with Crippen molar-refractivity contribution in [3.05, 3.63) is 35.9 Å². The van der Waals surface area contributed by atoms with Crippen LogP contribution in [-0.2, 0) is 20.9 Å². The van der Waals surface area contributed by atoms with E-state index in [0.717, 1.165) is 5.56 Å². The quantitative estimate of drug-likeness (QED) is 0.620. The third-order valence-corrected chi connectivity index (χ3v) is 2.40. The predicted molar refractivity (Wildman–Crippen MR) is 69.3 cm³/mol. The van der Waals surface area contributed by atoms with E-state index in [-0.39, 0.29) is 19.6 Å².